The molecule has 0 aromatic rings. The van der Waals surface area contributed by atoms with Gasteiger partial charge in [0.1, 0.15) is 13.2 Å². The van der Waals surface area contributed by atoms with Crippen LogP contribution in [0, 0.1) is 0 Å². The number of unbranched alkanes of at least 4 members (excludes halogenated alkanes) is 31. The Hall–Kier alpha value is -3.67. The van der Waals surface area contributed by atoms with Crippen molar-refractivity contribution in [1.29, 1.82) is 0 Å². The molecule has 0 amide bonds. The van der Waals surface area contributed by atoms with Gasteiger partial charge in [0.25, 0.3) is 0 Å². The standard InChI is InChI=1S/C70H120O6/c1-4-7-10-13-16-19-21-23-25-27-28-29-30-31-32-33-34-35-36-37-38-39-40-41-42-43-45-46-48-51-54-57-60-63-69(72)75-66-67(65-74-68(71)62-59-56-53-50-18-15-12-9-6-3)76-70(73)64-61-58-55-52-49-47-44-26-24-22-20-17-14-11-8-5-2/h7,10,16,19,23,25,28-29,31-32,34-35,37-38,40-41,67H,4-6,8-9,11-15,17-18,20-22,24,26-27,30,33,36,39,42-66H2,1-3H3/b10-7-,19-16-,25-23-,29-28-,32-31-,35-34-,38-37-,41-40-. The predicted molar refractivity (Wildman–Crippen MR) is 330 cm³/mol. The highest BCUT2D eigenvalue weighted by Crippen LogP contribution is 2.16. The second kappa shape index (κ2) is 63.9. The van der Waals surface area contributed by atoms with Gasteiger partial charge in [-0.3, -0.25) is 14.4 Å². The molecule has 0 N–H and O–H groups in total. The largest absolute Gasteiger partial charge is 0.462 e. The van der Waals surface area contributed by atoms with Gasteiger partial charge in [-0.2, -0.15) is 0 Å². The van der Waals surface area contributed by atoms with Crippen molar-refractivity contribution in [2.24, 2.45) is 0 Å². The van der Waals surface area contributed by atoms with E-state index in [9.17, 15) is 14.4 Å². The summed E-state index contributed by atoms with van der Waals surface area (Å²) in [6, 6.07) is 0. The lowest BCUT2D eigenvalue weighted by molar-refractivity contribution is -0.167. The SMILES string of the molecule is CC/C=C\C/C=C\C/C=C\C/C=C\C/C=C\C/C=C\C/C=C\C/C=C\CCCCCCCCCCC(=O)OCC(COC(=O)CCCCCCCCCCC)OC(=O)CCCCCCCCCCCCCCCCCC. The number of ether oxygens (including phenoxy) is 3. The van der Waals surface area contributed by atoms with Crippen LogP contribution in [0.4, 0.5) is 0 Å². The van der Waals surface area contributed by atoms with Crippen LogP contribution in [0.15, 0.2) is 97.2 Å². The van der Waals surface area contributed by atoms with E-state index in [-0.39, 0.29) is 31.1 Å². The highest BCUT2D eigenvalue weighted by Gasteiger charge is 2.19. The van der Waals surface area contributed by atoms with Crippen LogP contribution in [0.3, 0.4) is 0 Å². The van der Waals surface area contributed by atoms with Crippen molar-refractivity contribution in [2.75, 3.05) is 13.2 Å². The Bertz CT molecular complexity index is 1490. The minimum atomic E-state index is -0.776. The summed E-state index contributed by atoms with van der Waals surface area (Å²) in [7, 11) is 0. The fraction of sp³-hybridized carbons (Fsp3) is 0.729. The first-order valence-corrected chi connectivity index (χ1v) is 32.2. The number of carbonyl (C=O) groups is 3. The van der Waals surface area contributed by atoms with E-state index >= 15 is 0 Å². The van der Waals surface area contributed by atoms with Crippen LogP contribution in [0.2, 0.25) is 0 Å². The Morgan fingerprint density at radius 1 is 0.276 bits per heavy atom. The second-order valence-electron chi connectivity index (χ2n) is 21.3. The molecule has 0 spiro atoms. The molecule has 0 aliphatic carbocycles. The number of allylic oxidation sites excluding steroid dienone is 16. The van der Waals surface area contributed by atoms with E-state index in [0.29, 0.717) is 19.3 Å². The maximum atomic E-state index is 12.9. The van der Waals surface area contributed by atoms with Crippen molar-refractivity contribution in [2.45, 2.75) is 316 Å². The van der Waals surface area contributed by atoms with Crippen LogP contribution < -0.4 is 0 Å². The fourth-order valence-electron chi connectivity index (χ4n) is 9.05. The van der Waals surface area contributed by atoms with Gasteiger partial charge in [-0.15, -0.1) is 0 Å². The van der Waals surface area contributed by atoms with Crippen LogP contribution >= 0.6 is 0 Å². The van der Waals surface area contributed by atoms with Gasteiger partial charge in [-0.25, -0.2) is 0 Å². The Labute approximate surface area is 470 Å². The molecule has 0 aliphatic rings. The summed E-state index contributed by atoms with van der Waals surface area (Å²) in [5.41, 5.74) is 0. The van der Waals surface area contributed by atoms with Crippen molar-refractivity contribution in [3.05, 3.63) is 97.2 Å². The van der Waals surface area contributed by atoms with Gasteiger partial charge in [0.15, 0.2) is 6.10 Å². The van der Waals surface area contributed by atoms with E-state index in [1.54, 1.807) is 0 Å². The van der Waals surface area contributed by atoms with E-state index in [2.05, 4.69) is 118 Å². The van der Waals surface area contributed by atoms with Gasteiger partial charge in [-0.05, 0) is 83.5 Å². The first kappa shape index (κ1) is 72.3. The average molecular weight is 1060 g/mol. The number of rotatable bonds is 58. The van der Waals surface area contributed by atoms with Gasteiger partial charge in [0.05, 0.1) is 0 Å². The maximum Gasteiger partial charge on any atom is 0.306 e. The molecule has 0 radical (unpaired) electrons. The van der Waals surface area contributed by atoms with E-state index in [4.69, 9.17) is 14.2 Å². The zero-order valence-corrected chi connectivity index (χ0v) is 50.0. The van der Waals surface area contributed by atoms with Crippen LogP contribution in [0.5, 0.6) is 0 Å². The first-order valence-electron chi connectivity index (χ1n) is 32.2. The summed E-state index contributed by atoms with van der Waals surface area (Å²) in [6.07, 6.45) is 85.7. The van der Waals surface area contributed by atoms with Crippen molar-refractivity contribution >= 4 is 17.9 Å². The zero-order valence-electron chi connectivity index (χ0n) is 50.0. The maximum absolute atomic E-state index is 12.9. The molecule has 0 aliphatic heterocycles. The Balaban J connectivity index is 4.17. The molecule has 6 heteroatoms. The third kappa shape index (κ3) is 61.2. The third-order valence-corrected chi connectivity index (χ3v) is 13.9. The highest BCUT2D eigenvalue weighted by molar-refractivity contribution is 5.71. The van der Waals surface area contributed by atoms with Crippen LogP contribution in [-0.2, 0) is 28.6 Å². The van der Waals surface area contributed by atoms with Crippen LogP contribution in [0.25, 0.3) is 0 Å². The molecule has 0 aromatic heterocycles. The quantitative estimate of drug-likeness (QED) is 0.0261. The van der Waals surface area contributed by atoms with Gasteiger partial charge in [-0.1, -0.05) is 304 Å². The lowest BCUT2D eigenvalue weighted by Crippen LogP contribution is -2.30. The van der Waals surface area contributed by atoms with E-state index in [0.717, 1.165) is 116 Å². The average Bonchev–Trinajstić information content (AvgIpc) is 3.42. The zero-order chi connectivity index (χ0) is 55.0. The predicted octanol–water partition coefficient (Wildman–Crippen LogP) is 22.0. The molecule has 436 valence electrons. The number of esters is 3. The lowest BCUT2D eigenvalue weighted by Gasteiger charge is -2.18. The molecule has 0 aromatic carbocycles. The molecular formula is C70H120O6. The summed E-state index contributed by atoms with van der Waals surface area (Å²) < 4.78 is 16.9. The minimum Gasteiger partial charge on any atom is -0.462 e. The number of hydrogen-bond donors (Lipinski definition) is 0. The van der Waals surface area contributed by atoms with Gasteiger partial charge in [0, 0.05) is 19.3 Å². The van der Waals surface area contributed by atoms with Crippen LogP contribution in [-0.4, -0.2) is 37.2 Å². The molecule has 0 heterocycles. The van der Waals surface area contributed by atoms with E-state index < -0.39 is 6.10 Å². The van der Waals surface area contributed by atoms with Crippen molar-refractivity contribution in [1.82, 2.24) is 0 Å². The molecule has 0 rings (SSSR count). The summed E-state index contributed by atoms with van der Waals surface area (Å²) in [5, 5.41) is 0. The number of hydrogen-bond acceptors (Lipinski definition) is 6. The Morgan fingerprint density at radius 3 is 0.803 bits per heavy atom. The molecule has 0 saturated carbocycles. The molecule has 0 bridgehead atoms. The second-order valence-corrected chi connectivity index (χ2v) is 21.3. The normalized spacial score (nSPS) is 12.7. The topological polar surface area (TPSA) is 78.9 Å². The lowest BCUT2D eigenvalue weighted by atomic mass is 10.0. The summed E-state index contributed by atoms with van der Waals surface area (Å²) in [6.45, 7) is 6.53. The summed E-state index contributed by atoms with van der Waals surface area (Å²) in [5.74, 6) is -0.875. The molecule has 0 saturated heterocycles. The molecule has 1 atom stereocenters. The molecule has 1 unspecified atom stereocenters. The Morgan fingerprint density at radius 2 is 0.513 bits per heavy atom. The molecule has 76 heavy (non-hydrogen) atoms. The van der Waals surface area contributed by atoms with Gasteiger partial charge < -0.3 is 14.2 Å². The minimum absolute atomic E-state index is 0.0752. The number of carbonyl (C=O) groups excluding carboxylic acids is 3. The first-order chi connectivity index (χ1) is 37.5. The van der Waals surface area contributed by atoms with Gasteiger partial charge in [0.2, 0.25) is 0 Å². The fourth-order valence-corrected chi connectivity index (χ4v) is 9.05. The highest BCUT2D eigenvalue weighted by atomic mass is 16.6. The smallest absolute Gasteiger partial charge is 0.306 e. The molecule has 6 nitrogen and oxygen atoms in total. The summed E-state index contributed by atoms with van der Waals surface area (Å²) >= 11 is 0. The molecular weight excluding hydrogens is 937 g/mol. The van der Waals surface area contributed by atoms with Gasteiger partial charge >= 0.3 is 17.9 Å². The van der Waals surface area contributed by atoms with Crippen LogP contribution in [0.1, 0.15) is 310 Å². The van der Waals surface area contributed by atoms with E-state index in [1.165, 1.54) is 154 Å². The van der Waals surface area contributed by atoms with Crippen molar-refractivity contribution in [3.8, 4) is 0 Å². The van der Waals surface area contributed by atoms with E-state index in [1.807, 2.05) is 0 Å². The van der Waals surface area contributed by atoms with Crippen molar-refractivity contribution < 1.29 is 28.6 Å². The summed E-state index contributed by atoms with van der Waals surface area (Å²) in [4.78, 5) is 38.1. The molecule has 0 fully saturated rings. The van der Waals surface area contributed by atoms with Crippen molar-refractivity contribution in [3.63, 3.8) is 0 Å². The monoisotopic (exact) mass is 1060 g/mol. The Kier molecular flexibility index (Phi) is 60.8. The third-order valence-electron chi connectivity index (χ3n) is 13.9.